The second-order valence-corrected chi connectivity index (χ2v) is 11.2. The third kappa shape index (κ3) is 4.60. The van der Waals surface area contributed by atoms with E-state index in [1.54, 1.807) is 0 Å². The van der Waals surface area contributed by atoms with Crippen LogP contribution in [0.5, 0.6) is 0 Å². The molecule has 0 saturated heterocycles. The maximum Gasteiger partial charge on any atom is 0.141 e. The Bertz CT molecular complexity index is 530. The van der Waals surface area contributed by atoms with Gasteiger partial charge in [0.05, 0.1) is 0 Å². The fraction of sp³-hybridized carbons (Fsp3) is 0.412. The van der Waals surface area contributed by atoms with Crippen LogP contribution in [0.25, 0.3) is 0 Å². The molecule has 0 amide bonds. The smallest absolute Gasteiger partial charge is 0.141 e. The number of aliphatic hydroxyl groups excluding tert-OH is 1. The molecule has 2 heteroatoms. The highest BCUT2D eigenvalue weighted by molar-refractivity contribution is 6.87. The lowest BCUT2D eigenvalue weighted by Crippen LogP contribution is -2.35. The molecule has 0 saturated carbocycles. The van der Waals surface area contributed by atoms with Crippen LogP contribution in [0.2, 0.25) is 18.1 Å². The molecule has 0 aliphatic carbocycles. The molecule has 0 fully saturated rings. The Morgan fingerprint density at radius 3 is 2.16 bits per heavy atom. The summed E-state index contributed by atoms with van der Waals surface area (Å²) in [5.41, 5.74) is 4.12. The quantitative estimate of drug-likeness (QED) is 0.608. The highest BCUT2D eigenvalue weighted by atomic mass is 28.3. The fourth-order valence-corrected chi connectivity index (χ4v) is 1.95. The zero-order chi connectivity index (χ0) is 14.5. The van der Waals surface area contributed by atoms with E-state index in [1.807, 2.05) is 30.3 Å². The summed E-state index contributed by atoms with van der Waals surface area (Å²) in [5.74, 6) is 8.49. The number of hydrogen-bond acceptors (Lipinski definition) is 1. The van der Waals surface area contributed by atoms with Gasteiger partial charge >= 0.3 is 0 Å². The number of aliphatic hydroxyl groups is 1. The van der Waals surface area contributed by atoms with Gasteiger partial charge in [0.25, 0.3) is 0 Å². The van der Waals surface area contributed by atoms with Crippen molar-refractivity contribution in [1.29, 1.82) is 0 Å². The van der Waals surface area contributed by atoms with Gasteiger partial charge in [-0.2, -0.15) is 0 Å². The summed E-state index contributed by atoms with van der Waals surface area (Å²) in [6, 6.07) is 9.42. The summed E-state index contributed by atoms with van der Waals surface area (Å²) >= 11 is 0. The molecule has 0 heterocycles. The van der Waals surface area contributed by atoms with E-state index in [0.717, 1.165) is 5.56 Å². The summed E-state index contributed by atoms with van der Waals surface area (Å²) < 4.78 is 0. The third-order valence-electron chi connectivity index (χ3n) is 3.64. The van der Waals surface area contributed by atoms with Gasteiger partial charge in [0.15, 0.2) is 0 Å². The third-order valence-corrected chi connectivity index (χ3v) is 8.14. The van der Waals surface area contributed by atoms with Gasteiger partial charge in [-0.25, -0.2) is 0 Å². The molecule has 1 aromatic rings. The lowest BCUT2D eigenvalue weighted by Gasteiger charge is -2.31. The van der Waals surface area contributed by atoms with Gasteiger partial charge in [-0.3, -0.25) is 0 Å². The molecule has 1 unspecified atom stereocenters. The second kappa shape index (κ2) is 6.11. The number of rotatable bonds is 1. The van der Waals surface area contributed by atoms with Crippen LogP contribution in [0, 0.1) is 23.3 Å². The molecular formula is C17H22OSi. The summed E-state index contributed by atoms with van der Waals surface area (Å²) in [7, 11) is -1.60. The van der Waals surface area contributed by atoms with E-state index in [9.17, 15) is 5.11 Å². The molecular weight excluding hydrogens is 248 g/mol. The summed E-state index contributed by atoms with van der Waals surface area (Å²) in [5, 5.41) is 10.1. The molecule has 19 heavy (non-hydrogen) atoms. The van der Waals surface area contributed by atoms with Crippen molar-refractivity contribution in [2.24, 2.45) is 0 Å². The van der Waals surface area contributed by atoms with E-state index in [4.69, 9.17) is 0 Å². The summed E-state index contributed by atoms with van der Waals surface area (Å²) in [4.78, 5) is 0. The molecule has 1 aromatic carbocycles. The van der Waals surface area contributed by atoms with Gasteiger partial charge in [-0.05, 0) is 22.4 Å². The van der Waals surface area contributed by atoms with Crippen LogP contribution in [-0.2, 0) is 0 Å². The lowest BCUT2D eigenvalue weighted by atomic mass is 10.1. The lowest BCUT2D eigenvalue weighted by molar-refractivity contribution is 0.238. The molecule has 1 rings (SSSR count). The maximum absolute atomic E-state index is 9.88. The highest BCUT2D eigenvalue weighted by Gasteiger charge is 2.33. The molecule has 0 aliphatic heterocycles. The largest absolute Gasteiger partial charge is 0.376 e. The van der Waals surface area contributed by atoms with Gasteiger partial charge in [0.2, 0.25) is 0 Å². The standard InChI is InChI=1S/C17H22OSi/c1-17(2,3)19(4,5)14-10-9-13-16(18)15-11-7-6-8-12-15/h6-8,11-12,16,18H,1-5H3. The molecule has 100 valence electrons. The van der Waals surface area contributed by atoms with E-state index in [1.165, 1.54) is 0 Å². The van der Waals surface area contributed by atoms with Crippen LogP contribution in [0.3, 0.4) is 0 Å². The Kier molecular flexibility index (Phi) is 5.01. The van der Waals surface area contributed by atoms with Crippen LogP contribution < -0.4 is 0 Å². The first-order chi connectivity index (χ1) is 8.74. The molecule has 0 radical (unpaired) electrons. The Hall–Kier alpha value is -1.48. The fourth-order valence-electron chi connectivity index (χ4n) is 1.20. The summed E-state index contributed by atoms with van der Waals surface area (Å²) in [6.07, 6.45) is -0.755. The van der Waals surface area contributed by atoms with E-state index in [-0.39, 0.29) is 5.04 Å². The first-order valence-electron chi connectivity index (χ1n) is 6.50. The van der Waals surface area contributed by atoms with Crippen LogP contribution in [0.1, 0.15) is 32.4 Å². The predicted octanol–water partition coefficient (Wildman–Crippen LogP) is 3.77. The first kappa shape index (κ1) is 15.6. The van der Waals surface area contributed by atoms with Crippen LogP contribution in [0.15, 0.2) is 30.3 Å². The Labute approximate surface area is 118 Å². The molecule has 0 bridgehead atoms. The minimum absolute atomic E-state index is 0.236. The monoisotopic (exact) mass is 270 g/mol. The van der Waals surface area contributed by atoms with E-state index in [0.29, 0.717) is 0 Å². The molecule has 0 aromatic heterocycles. The van der Waals surface area contributed by atoms with E-state index in [2.05, 4.69) is 57.2 Å². The zero-order valence-corrected chi connectivity index (χ0v) is 13.4. The van der Waals surface area contributed by atoms with Crippen molar-refractivity contribution < 1.29 is 5.11 Å². The number of benzene rings is 1. The van der Waals surface area contributed by atoms with Crippen LogP contribution >= 0.6 is 0 Å². The topological polar surface area (TPSA) is 20.2 Å². The van der Waals surface area contributed by atoms with Crippen LogP contribution in [-0.4, -0.2) is 13.2 Å². The SMILES string of the molecule is CC(C)(C)[Si](C)(C)C#CC#CC(O)c1ccccc1. The Morgan fingerprint density at radius 1 is 1.05 bits per heavy atom. The highest BCUT2D eigenvalue weighted by Crippen LogP contribution is 2.34. The Morgan fingerprint density at radius 2 is 1.63 bits per heavy atom. The minimum Gasteiger partial charge on any atom is -0.376 e. The maximum atomic E-state index is 9.88. The van der Waals surface area contributed by atoms with Crippen molar-refractivity contribution in [3.63, 3.8) is 0 Å². The van der Waals surface area contributed by atoms with Crippen molar-refractivity contribution in [2.45, 2.75) is 45.0 Å². The predicted molar refractivity (Wildman–Crippen MR) is 84.2 cm³/mol. The molecule has 1 nitrogen and oxygen atoms in total. The van der Waals surface area contributed by atoms with E-state index < -0.39 is 14.2 Å². The van der Waals surface area contributed by atoms with Crippen molar-refractivity contribution in [3.8, 4) is 23.3 Å². The zero-order valence-electron chi connectivity index (χ0n) is 12.4. The molecule has 0 aliphatic rings. The van der Waals surface area contributed by atoms with Gasteiger partial charge in [0.1, 0.15) is 14.2 Å². The van der Waals surface area contributed by atoms with Crippen molar-refractivity contribution in [3.05, 3.63) is 35.9 Å². The van der Waals surface area contributed by atoms with E-state index >= 15 is 0 Å². The second-order valence-electron chi connectivity index (χ2n) is 6.21. The average Bonchev–Trinajstić information content (AvgIpc) is 2.34. The summed E-state index contributed by atoms with van der Waals surface area (Å²) in [6.45, 7) is 11.2. The van der Waals surface area contributed by atoms with Crippen LogP contribution in [0.4, 0.5) is 0 Å². The van der Waals surface area contributed by atoms with Gasteiger partial charge in [-0.15, -0.1) is 5.54 Å². The van der Waals surface area contributed by atoms with Crippen molar-refractivity contribution >= 4 is 8.07 Å². The van der Waals surface area contributed by atoms with Crippen molar-refractivity contribution in [2.75, 3.05) is 0 Å². The van der Waals surface area contributed by atoms with Crippen molar-refractivity contribution in [1.82, 2.24) is 0 Å². The molecule has 1 atom stereocenters. The first-order valence-corrected chi connectivity index (χ1v) is 9.50. The Balaban J connectivity index is 2.77. The molecule has 1 N–H and O–H groups in total. The van der Waals surface area contributed by atoms with Gasteiger partial charge in [-0.1, -0.05) is 70.1 Å². The number of hydrogen-bond donors (Lipinski definition) is 1. The minimum atomic E-state index is -1.60. The average molecular weight is 270 g/mol. The van der Waals surface area contributed by atoms with Gasteiger partial charge in [0, 0.05) is 0 Å². The van der Waals surface area contributed by atoms with Gasteiger partial charge < -0.3 is 5.11 Å². The normalized spacial score (nSPS) is 12.7. The molecule has 0 spiro atoms.